The third-order valence-electron chi connectivity index (χ3n) is 4.05. The molecule has 0 radical (unpaired) electrons. The Morgan fingerprint density at radius 1 is 1.44 bits per heavy atom. The quantitative estimate of drug-likeness (QED) is 0.888. The first kappa shape index (κ1) is 14.0. The monoisotopic (exact) mass is 267 g/mol. The Kier molecular flexibility index (Phi) is 5.15. The van der Waals surface area contributed by atoms with E-state index in [1.54, 1.807) is 11.3 Å². The third kappa shape index (κ3) is 3.31. The molecule has 102 valence electrons. The molecule has 1 aromatic heterocycles. The van der Waals surface area contributed by atoms with Crippen molar-refractivity contribution in [1.29, 1.82) is 0 Å². The van der Waals surface area contributed by atoms with Crippen molar-refractivity contribution in [3.8, 4) is 0 Å². The molecule has 1 fully saturated rings. The van der Waals surface area contributed by atoms with Crippen LogP contribution in [0.2, 0.25) is 0 Å². The van der Waals surface area contributed by atoms with Crippen molar-refractivity contribution in [2.45, 2.75) is 52.1 Å². The van der Waals surface area contributed by atoms with Gasteiger partial charge in [-0.1, -0.05) is 13.8 Å². The van der Waals surface area contributed by atoms with E-state index in [1.165, 1.54) is 36.5 Å². The predicted octanol–water partition coefficient (Wildman–Crippen LogP) is 2.46. The number of nitrogens with zero attached hydrogens (tertiary/aromatic N) is 2. The maximum absolute atomic E-state index is 4.34. The van der Waals surface area contributed by atoms with Gasteiger partial charge >= 0.3 is 0 Å². The van der Waals surface area contributed by atoms with E-state index in [2.05, 4.69) is 36.0 Å². The molecule has 1 aromatic rings. The van der Waals surface area contributed by atoms with Crippen LogP contribution in [0.4, 0.5) is 0 Å². The minimum absolute atomic E-state index is 0.676. The normalized spacial score (nSPS) is 25.5. The summed E-state index contributed by atoms with van der Waals surface area (Å²) >= 11 is 1.80. The van der Waals surface area contributed by atoms with Gasteiger partial charge in [0.1, 0.15) is 0 Å². The number of piperazine rings is 1. The van der Waals surface area contributed by atoms with Crippen molar-refractivity contribution in [3.63, 3.8) is 0 Å². The Morgan fingerprint density at radius 2 is 2.28 bits per heavy atom. The second kappa shape index (κ2) is 6.64. The average molecular weight is 267 g/mol. The molecule has 2 heterocycles. The first-order valence-corrected chi connectivity index (χ1v) is 7.98. The molecule has 2 rings (SSSR count). The summed E-state index contributed by atoms with van der Waals surface area (Å²) in [6.45, 7) is 10.2. The van der Waals surface area contributed by atoms with E-state index in [1.807, 2.05) is 5.51 Å². The summed E-state index contributed by atoms with van der Waals surface area (Å²) in [5, 5.41) is 3.65. The van der Waals surface area contributed by atoms with Crippen LogP contribution in [-0.2, 0) is 6.42 Å². The van der Waals surface area contributed by atoms with Crippen LogP contribution in [0.25, 0.3) is 0 Å². The third-order valence-corrected chi connectivity index (χ3v) is 5.04. The van der Waals surface area contributed by atoms with Crippen LogP contribution in [0.5, 0.6) is 0 Å². The number of aromatic nitrogens is 1. The molecule has 0 spiro atoms. The average Bonchev–Trinajstić information content (AvgIpc) is 2.81. The van der Waals surface area contributed by atoms with E-state index in [-0.39, 0.29) is 0 Å². The first-order valence-electron chi connectivity index (χ1n) is 7.11. The largest absolute Gasteiger partial charge is 0.311 e. The van der Waals surface area contributed by atoms with Crippen molar-refractivity contribution in [2.75, 3.05) is 19.6 Å². The molecular weight excluding hydrogens is 242 g/mol. The first-order chi connectivity index (χ1) is 8.74. The Labute approximate surface area is 115 Å². The van der Waals surface area contributed by atoms with Crippen molar-refractivity contribution in [3.05, 3.63) is 16.1 Å². The van der Waals surface area contributed by atoms with Gasteiger partial charge in [0, 0.05) is 36.6 Å². The van der Waals surface area contributed by atoms with Crippen molar-refractivity contribution >= 4 is 11.3 Å². The van der Waals surface area contributed by atoms with Crippen molar-refractivity contribution in [1.82, 2.24) is 15.2 Å². The summed E-state index contributed by atoms with van der Waals surface area (Å²) < 4.78 is 0. The fourth-order valence-corrected chi connectivity index (χ4v) is 3.46. The van der Waals surface area contributed by atoms with Gasteiger partial charge in [-0.3, -0.25) is 4.90 Å². The highest BCUT2D eigenvalue weighted by Gasteiger charge is 2.25. The summed E-state index contributed by atoms with van der Waals surface area (Å²) in [5.41, 5.74) is 3.18. The number of hydrogen-bond donors (Lipinski definition) is 1. The van der Waals surface area contributed by atoms with Crippen LogP contribution in [0.15, 0.2) is 5.51 Å². The highest BCUT2D eigenvalue weighted by molar-refractivity contribution is 7.09. The van der Waals surface area contributed by atoms with Gasteiger partial charge < -0.3 is 5.32 Å². The van der Waals surface area contributed by atoms with Crippen LogP contribution in [-0.4, -0.2) is 41.6 Å². The van der Waals surface area contributed by atoms with Gasteiger partial charge in [-0.15, -0.1) is 11.3 Å². The highest BCUT2D eigenvalue weighted by atomic mass is 32.1. The molecule has 0 saturated carbocycles. The summed E-state index contributed by atoms with van der Waals surface area (Å²) in [4.78, 5) is 8.46. The maximum Gasteiger partial charge on any atom is 0.0797 e. The standard InChI is InChI=1S/C14H25N3S/c1-4-12-9-17(13(5-2)8-15-12)7-6-14-11(3)16-10-18-14/h10,12-13,15H,4-9H2,1-3H3. The summed E-state index contributed by atoms with van der Waals surface area (Å²) in [7, 11) is 0. The van der Waals surface area contributed by atoms with Crippen LogP contribution in [0.3, 0.4) is 0 Å². The number of rotatable bonds is 5. The fourth-order valence-electron chi connectivity index (χ4n) is 2.69. The van der Waals surface area contributed by atoms with E-state index in [0.717, 1.165) is 13.0 Å². The zero-order valence-corrected chi connectivity index (χ0v) is 12.6. The summed E-state index contributed by atoms with van der Waals surface area (Å²) in [6, 6.07) is 1.39. The van der Waals surface area contributed by atoms with Gasteiger partial charge in [0.2, 0.25) is 0 Å². The summed E-state index contributed by atoms with van der Waals surface area (Å²) in [6.07, 6.45) is 3.63. The number of thiazole rings is 1. The smallest absolute Gasteiger partial charge is 0.0797 e. The van der Waals surface area contributed by atoms with Gasteiger partial charge in [-0.25, -0.2) is 4.98 Å². The zero-order valence-electron chi connectivity index (χ0n) is 11.8. The molecular formula is C14H25N3S. The Hall–Kier alpha value is -0.450. The molecule has 1 aliphatic heterocycles. The Morgan fingerprint density at radius 3 is 2.89 bits per heavy atom. The minimum Gasteiger partial charge on any atom is -0.311 e. The van der Waals surface area contributed by atoms with Crippen LogP contribution >= 0.6 is 11.3 Å². The minimum atomic E-state index is 0.676. The second-order valence-corrected chi connectivity index (χ2v) is 6.12. The van der Waals surface area contributed by atoms with E-state index in [4.69, 9.17) is 0 Å². The topological polar surface area (TPSA) is 28.2 Å². The lowest BCUT2D eigenvalue weighted by Gasteiger charge is -2.40. The van der Waals surface area contributed by atoms with E-state index >= 15 is 0 Å². The van der Waals surface area contributed by atoms with Gasteiger partial charge in [0.05, 0.1) is 11.2 Å². The van der Waals surface area contributed by atoms with Gasteiger partial charge in [-0.05, 0) is 26.2 Å². The van der Waals surface area contributed by atoms with Crippen molar-refractivity contribution in [2.24, 2.45) is 0 Å². The maximum atomic E-state index is 4.34. The molecule has 1 aliphatic rings. The van der Waals surface area contributed by atoms with E-state index in [0.29, 0.717) is 12.1 Å². The van der Waals surface area contributed by atoms with Crippen LogP contribution in [0.1, 0.15) is 37.3 Å². The second-order valence-electron chi connectivity index (χ2n) is 5.18. The summed E-state index contributed by atoms with van der Waals surface area (Å²) in [5.74, 6) is 0. The molecule has 4 heteroatoms. The highest BCUT2D eigenvalue weighted by Crippen LogP contribution is 2.17. The molecule has 1 N–H and O–H groups in total. The van der Waals surface area contributed by atoms with E-state index in [9.17, 15) is 0 Å². The molecule has 1 saturated heterocycles. The van der Waals surface area contributed by atoms with Gasteiger partial charge in [0.25, 0.3) is 0 Å². The molecule has 0 amide bonds. The lowest BCUT2D eigenvalue weighted by atomic mass is 10.0. The fraction of sp³-hybridized carbons (Fsp3) is 0.786. The SMILES string of the molecule is CCC1CN(CCc2scnc2C)C(CC)CN1. The molecule has 0 bridgehead atoms. The van der Waals surface area contributed by atoms with Gasteiger partial charge in [0.15, 0.2) is 0 Å². The number of nitrogens with one attached hydrogen (secondary N) is 1. The molecule has 0 aromatic carbocycles. The van der Waals surface area contributed by atoms with Crippen molar-refractivity contribution < 1.29 is 0 Å². The predicted molar refractivity (Wildman–Crippen MR) is 78.3 cm³/mol. The molecule has 2 atom stereocenters. The Bertz CT molecular complexity index is 364. The molecule has 2 unspecified atom stereocenters. The lowest BCUT2D eigenvalue weighted by molar-refractivity contribution is 0.126. The van der Waals surface area contributed by atoms with Crippen LogP contribution < -0.4 is 5.32 Å². The van der Waals surface area contributed by atoms with E-state index < -0.39 is 0 Å². The lowest BCUT2D eigenvalue weighted by Crippen LogP contribution is -2.56. The van der Waals surface area contributed by atoms with Crippen LogP contribution in [0, 0.1) is 6.92 Å². The Balaban J connectivity index is 1.90. The van der Waals surface area contributed by atoms with Gasteiger partial charge in [-0.2, -0.15) is 0 Å². The number of aryl methyl sites for hydroxylation is 1. The molecule has 18 heavy (non-hydrogen) atoms. The molecule has 0 aliphatic carbocycles. The number of hydrogen-bond acceptors (Lipinski definition) is 4. The molecule has 3 nitrogen and oxygen atoms in total. The zero-order chi connectivity index (χ0) is 13.0.